The molecule has 3 heteroatoms. The molecular weight excluding hydrogens is 164 g/mol. The number of carbonyl (C=O) groups excluding carboxylic acids is 1. The quantitative estimate of drug-likeness (QED) is 0.588. The van der Waals surface area contributed by atoms with Crippen molar-refractivity contribution < 1.29 is 4.79 Å². The van der Waals surface area contributed by atoms with Crippen LogP contribution in [-0.2, 0) is 11.2 Å². The summed E-state index contributed by atoms with van der Waals surface area (Å²) in [6.07, 6.45) is 1.36. The molecule has 1 aromatic rings. The fourth-order valence-electron chi connectivity index (χ4n) is 1.69. The average Bonchev–Trinajstić information content (AvgIpc) is 2.06. The largest absolute Gasteiger partial charge is 0.397 e. The van der Waals surface area contributed by atoms with Crippen LogP contribution in [0.25, 0.3) is 0 Å². The van der Waals surface area contributed by atoms with Crippen LogP contribution in [0.4, 0.5) is 11.4 Å². The summed E-state index contributed by atoms with van der Waals surface area (Å²) in [5.41, 5.74) is 9.56. The summed E-state index contributed by atoms with van der Waals surface area (Å²) in [6.45, 7) is 2.01. The van der Waals surface area contributed by atoms with Crippen LogP contribution in [0.2, 0.25) is 0 Å². The monoisotopic (exact) mass is 176 g/mol. The van der Waals surface area contributed by atoms with Gasteiger partial charge in [-0.15, -0.1) is 0 Å². The van der Waals surface area contributed by atoms with Crippen molar-refractivity contribution in [3.8, 4) is 0 Å². The molecule has 0 aliphatic carbocycles. The van der Waals surface area contributed by atoms with Gasteiger partial charge in [-0.1, -0.05) is 6.07 Å². The molecule has 3 N–H and O–H groups in total. The van der Waals surface area contributed by atoms with Gasteiger partial charge in [0.2, 0.25) is 5.91 Å². The van der Waals surface area contributed by atoms with E-state index in [2.05, 4.69) is 11.4 Å². The fourth-order valence-corrected chi connectivity index (χ4v) is 1.69. The maximum Gasteiger partial charge on any atom is 0.224 e. The normalized spacial score (nSPS) is 15.0. The van der Waals surface area contributed by atoms with Gasteiger partial charge in [-0.2, -0.15) is 0 Å². The summed E-state index contributed by atoms with van der Waals surface area (Å²) < 4.78 is 0. The van der Waals surface area contributed by atoms with Gasteiger partial charge in [-0.3, -0.25) is 4.79 Å². The maximum absolute atomic E-state index is 11.1. The summed E-state index contributed by atoms with van der Waals surface area (Å²) in [6, 6.07) is 3.95. The Balaban J connectivity index is 2.53. The van der Waals surface area contributed by atoms with Gasteiger partial charge >= 0.3 is 0 Å². The zero-order valence-electron chi connectivity index (χ0n) is 7.55. The number of rotatable bonds is 0. The SMILES string of the molecule is Cc1cc(N)c2c(c1)CCC(=O)N2. The molecule has 0 unspecified atom stereocenters. The Morgan fingerprint density at radius 1 is 1.38 bits per heavy atom. The van der Waals surface area contributed by atoms with Crippen LogP contribution >= 0.6 is 0 Å². The van der Waals surface area contributed by atoms with Crippen LogP contribution in [-0.4, -0.2) is 5.91 Å². The summed E-state index contributed by atoms with van der Waals surface area (Å²) in [4.78, 5) is 11.1. The topological polar surface area (TPSA) is 55.1 Å². The number of aryl methyl sites for hydroxylation is 2. The van der Waals surface area contributed by atoms with Crippen molar-refractivity contribution in [3.05, 3.63) is 23.3 Å². The molecule has 1 aliphatic rings. The number of carbonyl (C=O) groups is 1. The molecule has 1 aliphatic heterocycles. The van der Waals surface area contributed by atoms with Gasteiger partial charge in [0.25, 0.3) is 0 Å². The molecule has 0 bridgehead atoms. The fraction of sp³-hybridized carbons (Fsp3) is 0.300. The Morgan fingerprint density at radius 2 is 2.15 bits per heavy atom. The highest BCUT2D eigenvalue weighted by molar-refractivity contribution is 5.97. The van der Waals surface area contributed by atoms with E-state index < -0.39 is 0 Å². The predicted octanol–water partition coefficient (Wildman–Crippen LogP) is 1.46. The molecule has 68 valence electrons. The van der Waals surface area contributed by atoms with Gasteiger partial charge in [0.05, 0.1) is 11.4 Å². The number of fused-ring (bicyclic) bond motifs is 1. The van der Waals surface area contributed by atoms with Gasteiger partial charge in [0.15, 0.2) is 0 Å². The van der Waals surface area contributed by atoms with Gasteiger partial charge < -0.3 is 11.1 Å². The molecule has 0 saturated heterocycles. The predicted molar refractivity (Wildman–Crippen MR) is 52.5 cm³/mol. The Labute approximate surface area is 76.9 Å². The number of benzene rings is 1. The van der Waals surface area contributed by atoms with Crippen molar-refractivity contribution in [1.82, 2.24) is 0 Å². The number of nitrogens with two attached hydrogens (primary N) is 1. The minimum Gasteiger partial charge on any atom is -0.397 e. The lowest BCUT2D eigenvalue weighted by atomic mass is 9.99. The second kappa shape index (κ2) is 2.76. The third kappa shape index (κ3) is 1.37. The first-order valence-electron chi connectivity index (χ1n) is 4.35. The molecule has 13 heavy (non-hydrogen) atoms. The van der Waals surface area contributed by atoms with E-state index in [1.54, 1.807) is 0 Å². The molecule has 0 spiro atoms. The lowest BCUT2D eigenvalue weighted by Crippen LogP contribution is -2.20. The molecule has 0 fully saturated rings. The number of nitrogens with one attached hydrogen (secondary N) is 1. The third-order valence-corrected chi connectivity index (χ3v) is 2.28. The summed E-state index contributed by atoms with van der Waals surface area (Å²) >= 11 is 0. The molecule has 1 amide bonds. The van der Waals surface area contributed by atoms with E-state index in [0.29, 0.717) is 12.1 Å². The molecule has 2 rings (SSSR count). The lowest BCUT2D eigenvalue weighted by molar-refractivity contribution is -0.116. The zero-order valence-corrected chi connectivity index (χ0v) is 7.55. The number of nitrogen functional groups attached to an aromatic ring is 1. The van der Waals surface area contributed by atoms with E-state index in [0.717, 1.165) is 23.2 Å². The first kappa shape index (κ1) is 8.10. The summed E-state index contributed by atoms with van der Waals surface area (Å²) in [5.74, 6) is 0.0584. The van der Waals surface area contributed by atoms with Gasteiger partial charge in [0, 0.05) is 6.42 Å². The Hall–Kier alpha value is -1.51. The van der Waals surface area contributed by atoms with Crippen LogP contribution < -0.4 is 11.1 Å². The zero-order chi connectivity index (χ0) is 9.42. The first-order chi connectivity index (χ1) is 6.16. The summed E-state index contributed by atoms with van der Waals surface area (Å²) in [7, 11) is 0. The van der Waals surface area contributed by atoms with Crippen molar-refractivity contribution in [2.24, 2.45) is 0 Å². The Morgan fingerprint density at radius 3 is 2.92 bits per heavy atom. The Kier molecular flexibility index (Phi) is 1.72. The van der Waals surface area contributed by atoms with E-state index >= 15 is 0 Å². The van der Waals surface area contributed by atoms with Crippen LogP contribution in [0.15, 0.2) is 12.1 Å². The maximum atomic E-state index is 11.1. The smallest absolute Gasteiger partial charge is 0.224 e. The van der Waals surface area contributed by atoms with Gasteiger partial charge in [-0.05, 0) is 30.5 Å². The van der Waals surface area contributed by atoms with E-state index in [4.69, 9.17) is 5.73 Å². The van der Waals surface area contributed by atoms with E-state index in [1.165, 1.54) is 0 Å². The van der Waals surface area contributed by atoms with Crippen LogP contribution in [0, 0.1) is 6.92 Å². The standard InChI is InChI=1S/C10H12N2O/c1-6-4-7-2-3-9(13)12-10(7)8(11)5-6/h4-5H,2-3,11H2,1H3,(H,12,13). The molecule has 0 saturated carbocycles. The highest BCUT2D eigenvalue weighted by Crippen LogP contribution is 2.29. The van der Waals surface area contributed by atoms with Gasteiger partial charge in [0.1, 0.15) is 0 Å². The third-order valence-electron chi connectivity index (χ3n) is 2.28. The van der Waals surface area contributed by atoms with Crippen molar-refractivity contribution in [2.75, 3.05) is 11.1 Å². The number of anilines is 2. The van der Waals surface area contributed by atoms with E-state index in [-0.39, 0.29) is 5.91 Å². The molecule has 1 heterocycles. The molecular formula is C10H12N2O. The Bertz CT molecular complexity index is 371. The highest BCUT2D eigenvalue weighted by atomic mass is 16.1. The number of hydrogen-bond acceptors (Lipinski definition) is 2. The molecule has 0 atom stereocenters. The minimum absolute atomic E-state index is 0.0584. The van der Waals surface area contributed by atoms with Crippen molar-refractivity contribution in [3.63, 3.8) is 0 Å². The lowest BCUT2D eigenvalue weighted by Gasteiger charge is -2.19. The highest BCUT2D eigenvalue weighted by Gasteiger charge is 2.16. The van der Waals surface area contributed by atoms with Crippen LogP contribution in [0.5, 0.6) is 0 Å². The van der Waals surface area contributed by atoms with Gasteiger partial charge in [-0.25, -0.2) is 0 Å². The molecule has 3 nitrogen and oxygen atoms in total. The second-order valence-electron chi connectivity index (χ2n) is 3.44. The van der Waals surface area contributed by atoms with Crippen LogP contribution in [0.3, 0.4) is 0 Å². The van der Waals surface area contributed by atoms with Crippen molar-refractivity contribution in [2.45, 2.75) is 19.8 Å². The second-order valence-corrected chi connectivity index (χ2v) is 3.44. The average molecular weight is 176 g/mol. The number of hydrogen-bond donors (Lipinski definition) is 2. The van der Waals surface area contributed by atoms with E-state index in [9.17, 15) is 4.79 Å². The minimum atomic E-state index is 0.0584. The molecule has 0 aromatic heterocycles. The van der Waals surface area contributed by atoms with Crippen molar-refractivity contribution >= 4 is 17.3 Å². The summed E-state index contributed by atoms with van der Waals surface area (Å²) in [5, 5.41) is 2.79. The first-order valence-corrected chi connectivity index (χ1v) is 4.35. The number of amides is 1. The molecule has 0 radical (unpaired) electrons. The van der Waals surface area contributed by atoms with Crippen LogP contribution in [0.1, 0.15) is 17.5 Å². The van der Waals surface area contributed by atoms with Crippen molar-refractivity contribution in [1.29, 1.82) is 0 Å². The van der Waals surface area contributed by atoms with E-state index in [1.807, 2.05) is 13.0 Å². The molecule has 1 aromatic carbocycles.